The quantitative estimate of drug-likeness (QED) is 0.708. The molecule has 1 N–H and O–H groups in total. The van der Waals surface area contributed by atoms with E-state index >= 15 is 0 Å². The van der Waals surface area contributed by atoms with Crippen LogP contribution >= 0.6 is 11.3 Å². The van der Waals surface area contributed by atoms with E-state index in [4.69, 9.17) is 15.1 Å². The van der Waals surface area contributed by atoms with E-state index in [1.54, 1.807) is 12.0 Å². The molecule has 0 bridgehead atoms. The number of carboxylic acid groups (broad SMARTS) is 1. The Morgan fingerprint density at radius 3 is 3.00 bits per heavy atom. The molecule has 17 heavy (non-hydrogen) atoms. The topological polar surface area (TPSA) is 99.3 Å². The third-order valence-corrected chi connectivity index (χ3v) is 2.81. The number of anilines is 1. The summed E-state index contributed by atoms with van der Waals surface area (Å²) in [5.74, 6) is -0.908. The van der Waals surface area contributed by atoms with E-state index in [0.717, 1.165) is 0 Å². The SMILES string of the molecule is COCc1nnc(N(CC#N)CCC(=O)O)s1. The fourth-order valence-corrected chi connectivity index (χ4v) is 1.95. The van der Waals surface area contributed by atoms with Crippen LogP contribution in [0.15, 0.2) is 0 Å². The molecule has 7 nitrogen and oxygen atoms in total. The van der Waals surface area contributed by atoms with Gasteiger partial charge >= 0.3 is 5.97 Å². The van der Waals surface area contributed by atoms with Gasteiger partial charge in [0.1, 0.15) is 18.2 Å². The van der Waals surface area contributed by atoms with Crippen LogP contribution in [-0.2, 0) is 16.1 Å². The number of hydrogen-bond acceptors (Lipinski definition) is 7. The normalized spacial score (nSPS) is 9.88. The minimum atomic E-state index is -0.908. The van der Waals surface area contributed by atoms with E-state index in [9.17, 15) is 4.79 Å². The summed E-state index contributed by atoms with van der Waals surface area (Å²) in [6.45, 7) is 0.691. The molecular formula is C9H12N4O3S. The average molecular weight is 256 g/mol. The molecule has 0 amide bonds. The van der Waals surface area contributed by atoms with Crippen LogP contribution in [0.3, 0.4) is 0 Å². The number of hydrogen-bond donors (Lipinski definition) is 1. The van der Waals surface area contributed by atoms with E-state index in [-0.39, 0.29) is 19.5 Å². The summed E-state index contributed by atoms with van der Waals surface area (Å²) in [6.07, 6.45) is -0.0408. The van der Waals surface area contributed by atoms with E-state index in [2.05, 4.69) is 10.2 Å². The number of nitrogens with zero attached hydrogens (tertiary/aromatic N) is 4. The first-order valence-electron chi connectivity index (χ1n) is 4.82. The van der Waals surface area contributed by atoms with Gasteiger partial charge in [-0.1, -0.05) is 11.3 Å². The highest BCUT2D eigenvalue weighted by molar-refractivity contribution is 7.15. The first-order valence-corrected chi connectivity index (χ1v) is 5.64. The zero-order chi connectivity index (χ0) is 12.7. The van der Waals surface area contributed by atoms with Gasteiger partial charge in [-0.05, 0) is 0 Å². The van der Waals surface area contributed by atoms with Crippen molar-refractivity contribution in [2.24, 2.45) is 0 Å². The molecule has 1 heterocycles. The molecule has 0 atom stereocenters. The Morgan fingerprint density at radius 2 is 2.41 bits per heavy atom. The molecule has 0 aliphatic heterocycles. The first-order chi connectivity index (χ1) is 8.17. The molecule has 0 saturated heterocycles. The van der Waals surface area contributed by atoms with E-state index in [1.165, 1.54) is 11.3 Å². The van der Waals surface area contributed by atoms with Crippen molar-refractivity contribution >= 4 is 22.4 Å². The maximum Gasteiger partial charge on any atom is 0.305 e. The number of rotatable bonds is 7. The second kappa shape index (κ2) is 6.78. The smallest absolute Gasteiger partial charge is 0.305 e. The second-order valence-corrected chi connectivity index (χ2v) is 4.18. The fraction of sp³-hybridized carbons (Fsp3) is 0.556. The molecule has 0 saturated carbocycles. The van der Waals surface area contributed by atoms with Crippen molar-refractivity contribution < 1.29 is 14.6 Å². The number of carboxylic acids is 1. The van der Waals surface area contributed by atoms with Crippen molar-refractivity contribution in [1.29, 1.82) is 5.26 Å². The van der Waals surface area contributed by atoms with Crippen LogP contribution in [0.1, 0.15) is 11.4 Å². The number of nitriles is 1. The van der Waals surface area contributed by atoms with Crippen molar-refractivity contribution in [2.45, 2.75) is 13.0 Å². The van der Waals surface area contributed by atoms with Crippen LogP contribution in [0, 0.1) is 11.3 Å². The van der Waals surface area contributed by atoms with Gasteiger partial charge in [-0.2, -0.15) is 5.26 Å². The van der Waals surface area contributed by atoms with Gasteiger partial charge in [0.25, 0.3) is 0 Å². The van der Waals surface area contributed by atoms with Crippen LogP contribution in [0.5, 0.6) is 0 Å². The number of aromatic nitrogens is 2. The van der Waals surface area contributed by atoms with Gasteiger partial charge in [-0.15, -0.1) is 10.2 Å². The lowest BCUT2D eigenvalue weighted by Crippen LogP contribution is -2.26. The van der Waals surface area contributed by atoms with Gasteiger partial charge in [-0.25, -0.2) is 0 Å². The van der Waals surface area contributed by atoms with Crippen LogP contribution in [-0.4, -0.2) is 41.5 Å². The highest BCUT2D eigenvalue weighted by atomic mass is 32.1. The fourth-order valence-electron chi connectivity index (χ4n) is 1.11. The average Bonchev–Trinajstić information content (AvgIpc) is 2.73. The molecule has 1 aromatic heterocycles. The summed E-state index contributed by atoms with van der Waals surface area (Å²) in [7, 11) is 1.55. The van der Waals surface area contributed by atoms with Gasteiger partial charge < -0.3 is 14.7 Å². The minimum Gasteiger partial charge on any atom is -0.481 e. The molecule has 1 rings (SSSR count). The Morgan fingerprint density at radius 1 is 1.65 bits per heavy atom. The monoisotopic (exact) mass is 256 g/mol. The second-order valence-electron chi connectivity index (χ2n) is 3.13. The highest BCUT2D eigenvalue weighted by Crippen LogP contribution is 2.20. The number of aliphatic carboxylic acids is 1. The van der Waals surface area contributed by atoms with Crippen molar-refractivity contribution in [2.75, 3.05) is 25.1 Å². The van der Waals surface area contributed by atoms with Crippen LogP contribution in [0.2, 0.25) is 0 Å². The summed E-state index contributed by atoms with van der Waals surface area (Å²) >= 11 is 1.29. The first kappa shape index (κ1) is 13.3. The molecule has 0 radical (unpaired) electrons. The van der Waals surface area contributed by atoms with Gasteiger partial charge in [-0.3, -0.25) is 4.79 Å². The maximum absolute atomic E-state index is 10.5. The Kier molecular flexibility index (Phi) is 5.32. The predicted molar refractivity (Wildman–Crippen MR) is 60.7 cm³/mol. The summed E-state index contributed by atoms with van der Waals surface area (Å²) in [4.78, 5) is 12.1. The Labute approximate surface area is 102 Å². The maximum atomic E-state index is 10.5. The van der Waals surface area contributed by atoms with Crippen molar-refractivity contribution in [1.82, 2.24) is 10.2 Å². The lowest BCUT2D eigenvalue weighted by Gasteiger charge is -2.15. The third-order valence-electron chi connectivity index (χ3n) is 1.85. The van der Waals surface area contributed by atoms with Gasteiger partial charge in [0, 0.05) is 13.7 Å². The van der Waals surface area contributed by atoms with Crippen LogP contribution < -0.4 is 4.90 Å². The molecule has 92 valence electrons. The summed E-state index contributed by atoms with van der Waals surface area (Å²) in [5, 5.41) is 26.3. The zero-order valence-corrected chi connectivity index (χ0v) is 10.1. The molecule has 0 aliphatic rings. The van der Waals surface area contributed by atoms with Crippen LogP contribution in [0.25, 0.3) is 0 Å². The standard InChI is InChI=1S/C9H12N4O3S/c1-16-6-7-11-12-9(17-7)13(5-3-10)4-2-8(14)15/h2,4-6H2,1H3,(H,14,15). The summed E-state index contributed by atoms with van der Waals surface area (Å²) < 4.78 is 4.91. The number of methoxy groups -OCH3 is 1. The summed E-state index contributed by atoms with van der Waals surface area (Å²) in [5.41, 5.74) is 0. The molecule has 0 unspecified atom stereocenters. The van der Waals surface area contributed by atoms with Gasteiger partial charge in [0.05, 0.1) is 12.5 Å². The molecule has 8 heteroatoms. The number of ether oxygens (including phenoxy) is 1. The van der Waals surface area contributed by atoms with Gasteiger partial charge in [0.15, 0.2) is 0 Å². The third kappa shape index (κ3) is 4.34. The van der Waals surface area contributed by atoms with Crippen molar-refractivity contribution in [3.05, 3.63) is 5.01 Å². The molecular weight excluding hydrogens is 244 g/mol. The minimum absolute atomic E-state index is 0.0408. The van der Waals surface area contributed by atoms with E-state index in [1.807, 2.05) is 6.07 Å². The Hall–Kier alpha value is -1.72. The number of carbonyl (C=O) groups is 1. The lowest BCUT2D eigenvalue weighted by molar-refractivity contribution is -0.136. The lowest BCUT2D eigenvalue weighted by atomic mass is 10.4. The van der Waals surface area contributed by atoms with E-state index in [0.29, 0.717) is 16.7 Å². The predicted octanol–water partition coefficient (Wildman–Crippen LogP) is 0.489. The molecule has 0 aromatic carbocycles. The largest absolute Gasteiger partial charge is 0.481 e. The Bertz CT molecular complexity index is 415. The molecule has 0 spiro atoms. The summed E-state index contributed by atoms with van der Waals surface area (Å²) in [6, 6.07) is 1.97. The highest BCUT2D eigenvalue weighted by Gasteiger charge is 2.13. The molecule has 0 fully saturated rings. The molecule has 0 aliphatic carbocycles. The Balaban J connectivity index is 2.67. The van der Waals surface area contributed by atoms with E-state index < -0.39 is 5.97 Å². The molecule has 1 aromatic rings. The van der Waals surface area contributed by atoms with Gasteiger partial charge in [0.2, 0.25) is 5.13 Å². The van der Waals surface area contributed by atoms with Crippen molar-refractivity contribution in [3.8, 4) is 6.07 Å². The zero-order valence-electron chi connectivity index (χ0n) is 9.29. The van der Waals surface area contributed by atoms with Crippen molar-refractivity contribution in [3.63, 3.8) is 0 Å². The van der Waals surface area contributed by atoms with Crippen LogP contribution in [0.4, 0.5) is 5.13 Å².